The molecule has 0 bridgehead atoms. The van der Waals surface area contributed by atoms with Crippen LogP contribution in [0, 0.1) is 0 Å². The molecule has 7 heteroatoms. The molecule has 1 heterocycles. The highest BCUT2D eigenvalue weighted by Crippen LogP contribution is 2.16. The van der Waals surface area contributed by atoms with Crippen molar-refractivity contribution in [3.63, 3.8) is 0 Å². The summed E-state index contributed by atoms with van der Waals surface area (Å²) < 4.78 is 10.8. The molecule has 0 unspecified atom stereocenters. The SMILES string of the molecule is O=C(CCCc1nc(-c2ccccc2)no1)NCCOc1ccc(Cl)cc1. The van der Waals surface area contributed by atoms with Gasteiger partial charge >= 0.3 is 0 Å². The zero-order valence-corrected chi connectivity index (χ0v) is 15.5. The largest absolute Gasteiger partial charge is 0.492 e. The normalized spacial score (nSPS) is 10.6. The molecule has 1 aromatic heterocycles. The van der Waals surface area contributed by atoms with Crippen LogP contribution in [-0.4, -0.2) is 29.2 Å². The van der Waals surface area contributed by atoms with E-state index < -0.39 is 0 Å². The molecule has 140 valence electrons. The number of rotatable bonds is 9. The van der Waals surface area contributed by atoms with E-state index in [0.29, 0.717) is 49.2 Å². The van der Waals surface area contributed by atoms with Crippen molar-refractivity contribution in [1.29, 1.82) is 0 Å². The van der Waals surface area contributed by atoms with Crippen molar-refractivity contribution in [1.82, 2.24) is 15.5 Å². The lowest BCUT2D eigenvalue weighted by Gasteiger charge is -2.07. The van der Waals surface area contributed by atoms with Gasteiger partial charge in [-0.05, 0) is 30.7 Å². The molecule has 3 aromatic rings. The highest BCUT2D eigenvalue weighted by molar-refractivity contribution is 6.30. The van der Waals surface area contributed by atoms with E-state index in [4.69, 9.17) is 20.9 Å². The fourth-order valence-corrected chi connectivity index (χ4v) is 2.57. The van der Waals surface area contributed by atoms with Crippen LogP contribution in [0.2, 0.25) is 5.02 Å². The van der Waals surface area contributed by atoms with Gasteiger partial charge in [0.15, 0.2) is 0 Å². The maximum atomic E-state index is 11.9. The van der Waals surface area contributed by atoms with Gasteiger partial charge in [-0.3, -0.25) is 4.79 Å². The minimum absolute atomic E-state index is 0.0301. The lowest BCUT2D eigenvalue weighted by Crippen LogP contribution is -2.27. The minimum Gasteiger partial charge on any atom is -0.492 e. The van der Waals surface area contributed by atoms with Gasteiger partial charge in [0.25, 0.3) is 0 Å². The first-order valence-corrected chi connectivity index (χ1v) is 9.11. The monoisotopic (exact) mass is 385 g/mol. The van der Waals surface area contributed by atoms with Gasteiger partial charge in [-0.25, -0.2) is 0 Å². The van der Waals surface area contributed by atoms with Crippen LogP contribution in [0.5, 0.6) is 5.75 Å². The zero-order chi connectivity index (χ0) is 18.9. The van der Waals surface area contributed by atoms with Crippen molar-refractivity contribution >= 4 is 17.5 Å². The molecule has 0 radical (unpaired) electrons. The number of nitrogens with one attached hydrogen (secondary N) is 1. The fourth-order valence-electron chi connectivity index (χ4n) is 2.44. The molecular formula is C20H20ClN3O3. The van der Waals surface area contributed by atoms with E-state index in [1.165, 1.54) is 0 Å². The predicted octanol–water partition coefficient (Wildman–Crippen LogP) is 3.91. The third-order valence-electron chi connectivity index (χ3n) is 3.80. The molecule has 0 fully saturated rings. The van der Waals surface area contributed by atoms with Crippen LogP contribution in [0.3, 0.4) is 0 Å². The maximum absolute atomic E-state index is 11.9. The number of benzene rings is 2. The van der Waals surface area contributed by atoms with Gasteiger partial charge < -0.3 is 14.6 Å². The Morgan fingerprint density at radius 3 is 2.67 bits per heavy atom. The van der Waals surface area contributed by atoms with Crippen LogP contribution >= 0.6 is 11.6 Å². The summed E-state index contributed by atoms with van der Waals surface area (Å²) in [6.45, 7) is 0.845. The minimum atomic E-state index is -0.0301. The number of aromatic nitrogens is 2. The van der Waals surface area contributed by atoms with E-state index in [9.17, 15) is 4.79 Å². The number of hydrogen-bond donors (Lipinski definition) is 1. The van der Waals surface area contributed by atoms with Gasteiger partial charge in [-0.1, -0.05) is 47.1 Å². The number of nitrogens with zero attached hydrogens (tertiary/aromatic N) is 2. The maximum Gasteiger partial charge on any atom is 0.226 e. The van der Waals surface area contributed by atoms with Crippen LogP contribution in [0.25, 0.3) is 11.4 Å². The summed E-state index contributed by atoms with van der Waals surface area (Å²) in [5, 5.41) is 7.45. The second-order valence-corrected chi connectivity index (χ2v) is 6.32. The number of hydrogen-bond acceptors (Lipinski definition) is 5. The van der Waals surface area contributed by atoms with E-state index in [0.717, 1.165) is 11.3 Å². The summed E-state index contributed by atoms with van der Waals surface area (Å²) in [4.78, 5) is 16.2. The fraction of sp³-hybridized carbons (Fsp3) is 0.250. The first-order valence-electron chi connectivity index (χ1n) is 8.74. The van der Waals surface area contributed by atoms with Crippen LogP contribution in [0.1, 0.15) is 18.7 Å². The second-order valence-electron chi connectivity index (χ2n) is 5.88. The Balaban J connectivity index is 1.31. The lowest BCUT2D eigenvalue weighted by molar-refractivity contribution is -0.121. The second kappa shape index (κ2) is 9.73. The highest BCUT2D eigenvalue weighted by atomic mass is 35.5. The van der Waals surface area contributed by atoms with Crippen molar-refractivity contribution in [3.05, 3.63) is 65.5 Å². The molecular weight excluding hydrogens is 366 g/mol. The summed E-state index contributed by atoms with van der Waals surface area (Å²) in [5.41, 5.74) is 0.908. The Morgan fingerprint density at radius 2 is 1.89 bits per heavy atom. The van der Waals surface area contributed by atoms with E-state index in [2.05, 4.69) is 15.5 Å². The summed E-state index contributed by atoms with van der Waals surface area (Å²) in [7, 11) is 0. The van der Waals surface area contributed by atoms with Crippen molar-refractivity contribution in [2.24, 2.45) is 0 Å². The molecule has 27 heavy (non-hydrogen) atoms. The molecule has 3 rings (SSSR count). The van der Waals surface area contributed by atoms with Crippen LogP contribution < -0.4 is 10.1 Å². The van der Waals surface area contributed by atoms with Crippen molar-refractivity contribution in [3.8, 4) is 17.1 Å². The smallest absolute Gasteiger partial charge is 0.226 e. The quantitative estimate of drug-likeness (QED) is 0.565. The first-order chi connectivity index (χ1) is 13.2. The number of halogens is 1. The predicted molar refractivity (Wildman–Crippen MR) is 103 cm³/mol. The third-order valence-corrected chi connectivity index (χ3v) is 4.05. The Hall–Kier alpha value is -2.86. The molecule has 0 saturated carbocycles. The average molecular weight is 386 g/mol. The Kier molecular flexibility index (Phi) is 6.82. The van der Waals surface area contributed by atoms with Crippen molar-refractivity contribution < 1.29 is 14.1 Å². The average Bonchev–Trinajstić information content (AvgIpc) is 3.16. The van der Waals surface area contributed by atoms with Gasteiger partial charge in [0.2, 0.25) is 17.6 Å². The molecule has 0 aliphatic carbocycles. The van der Waals surface area contributed by atoms with Gasteiger partial charge in [0.05, 0.1) is 6.54 Å². The number of carbonyl (C=O) groups excluding carboxylic acids is 1. The number of amides is 1. The van der Waals surface area contributed by atoms with E-state index in [1.54, 1.807) is 24.3 Å². The highest BCUT2D eigenvalue weighted by Gasteiger charge is 2.09. The molecule has 0 spiro atoms. The van der Waals surface area contributed by atoms with Gasteiger partial charge in [0, 0.05) is 23.4 Å². The topological polar surface area (TPSA) is 77.2 Å². The Labute approximate surface area is 162 Å². The third kappa shape index (κ3) is 6.11. The molecule has 0 aliphatic heterocycles. The van der Waals surface area contributed by atoms with Crippen molar-refractivity contribution in [2.75, 3.05) is 13.2 Å². The standard InChI is InChI=1S/C20H20ClN3O3/c21-16-9-11-17(12-10-16)26-14-13-22-18(25)7-4-8-19-23-20(24-27-19)15-5-2-1-3-6-15/h1-3,5-6,9-12H,4,7-8,13-14H2,(H,22,25). The molecule has 0 aliphatic rings. The molecule has 1 N–H and O–H groups in total. The summed E-state index contributed by atoms with van der Waals surface area (Å²) in [6, 6.07) is 16.7. The Morgan fingerprint density at radius 1 is 1.11 bits per heavy atom. The summed E-state index contributed by atoms with van der Waals surface area (Å²) in [5.74, 6) is 1.79. The summed E-state index contributed by atoms with van der Waals surface area (Å²) in [6.07, 6.45) is 1.60. The van der Waals surface area contributed by atoms with Crippen LogP contribution in [0.15, 0.2) is 59.1 Å². The lowest BCUT2D eigenvalue weighted by atomic mass is 10.2. The number of aryl methyl sites for hydroxylation is 1. The molecule has 2 aromatic carbocycles. The van der Waals surface area contributed by atoms with Gasteiger partial charge in [0.1, 0.15) is 12.4 Å². The van der Waals surface area contributed by atoms with E-state index >= 15 is 0 Å². The van der Waals surface area contributed by atoms with Crippen molar-refractivity contribution in [2.45, 2.75) is 19.3 Å². The van der Waals surface area contributed by atoms with E-state index in [1.807, 2.05) is 30.3 Å². The number of carbonyl (C=O) groups is 1. The molecule has 1 amide bonds. The van der Waals surface area contributed by atoms with E-state index in [-0.39, 0.29) is 5.91 Å². The first kappa shape index (κ1) is 18.9. The number of ether oxygens (including phenoxy) is 1. The van der Waals surface area contributed by atoms with Crippen LogP contribution in [-0.2, 0) is 11.2 Å². The molecule has 6 nitrogen and oxygen atoms in total. The molecule has 0 saturated heterocycles. The van der Waals surface area contributed by atoms with Gasteiger partial charge in [-0.2, -0.15) is 4.98 Å². The zero-order valence-electron chi connectivity index (χ0n) is 14.7. The summed E-state index contributed by atoms with van der Waals surface area (Å²) >= 11 is 5.81. The molecule has 0 atom stereocenters. The Bertz CT molecular complexity index is 850. The van der Waals surface area contributed by atoms with Crippen LogP contribution in [0.4, 0.5) is 0 Å². The van der Waals surface area contributed by atoms with Gasteiger partial charge in [-0.15, -0.1) is 0 Å².